The highest BCUT2D eigenvalue weighted by atomic mass is 35.5. The van der Waals surface area contributed by atoms with Gasteiger partial charge in [0.25, 0.3) is 0 Å². The molecule has 0 radical (unpaired) electrons. The number of aliphatic hydroxyl groups excluding tert-OH is 4. The number of likely N-dealkylation sites (N-methyl/N-ethyl adjacent to an activating group) is 1. The molecule has 0 spiro atoms. The first-order valence-electron chi connectivity index (χ1n) is 12.6. The van der Waals surface area contributed by atoms with Crippen LogP contribution in [0.25, 0.3) is 10.9 Å². The number of hydrogen-bond donors (Lipinski definition) is 5. The lowest BCUT2D eigenvalue weighted by molar-refractivity contribution is -0.0981. The van der Waals surface area contributed by atoms with Crippen LogP contribution in [0.15, 0.2) is 30.6 Å². The molecule has 1 aliphatic rings. The third kappa shape index (κ3) is 6.44. The van der Waals surface area contributed by atoms with E-state index in [1.165, 1.54) is 19.5 Å². The van der Waals surface area contributed by atoms with Crippen molar-refractivity contribution in [1.82, 2.24) is 14.9 Å². The van der Waals surface area contributed by atoms with Gasteiger partial charge in [-0.25, -0.2) is 14.4 Å². The summed E-state index contributed by atoms with van der Waals surface area (Å²) in [6.45, 7) is 1.76. The van der Waals surface area contributed by atoms with E-state index in [0.29, 0.717) is 32.5 Å². The number of halogens is 3. The number of nitrogens with one attached hydrogen (secondary N) is 1. The van der Waals surface area contributed by atoms with E-state index in [1.54, 1.807) is 6.07 Å². The quantitative estimate of drug-likeness (QED) is 0.221. The predicted molar refractivity (Wildman–Crippen MR) is 151 cm³/mol. The number of piperazine rings is 1. The van der Waals surface area contributed by atoms with Crippen LogP contribution in [-0.4, -0.2) is 113 Å². The third-order valence-electron chi connectivity index (χ3n) is 6.81. The summed E-state index contributed by atoms with van der Waals surface area (Å²) in [6, 6.07) is 6.82. The zero-order valence-corrected chi connectivity index (χ0v) is 23.5. The molecule has 1 saturated heterocycles. The summed E-state index contributed by atoms with van der Waals surface area (Å²) in [5.41, 5.74) is 1.80. The Hall–Kier alpha value is -2.71. The van der Waals surface area contributed by atoms with Crippen molar-refractivity contribution in [2.24, 2.45) is 0 Å². The Balaban J connectivity index is 1.61. The maximum Gasteiger partial charge on any atom is 0.164 e. The van der Waals surface area contributed by atoms with E-state index in [1.807, 2.05) is 12.1 Å². The van der Waals surface area contributed by atoms with Crippen molar-refractivity contribution in [3.05, 3.63) is 40.6 Å². The number of rotatable bonds is 11. The highest BCUT2D eigenvalue weighted by molar-refractivity contribution is 6.45. The van der Waals surface area contributed by atoms with Gasteiger partial charge in [-0.1, -0.05) is 23.2 Å². The fourth-order valence-electron chi connectivity index (χ4n) is 4.39. The largest absolute Gasteiger partial charge is 0.493 e. The molecule has 40 heavy (non-hydrogen) atoms. The van der Waals surface area contributed by atoms with Crippen LogP contribution in [0.2, 0.25) is 10.0 Å². The number of nitrogens with zero attached hydrogens (tertiary/aromatic N) is 4. The molecule has 1 aliphatic heterocycles. The summed E-state index contributed by atoms with van der Waals surface area (Å²) in [4.78, 5) is 13.1. The van der Waals surface area contributed by atoms with Gasteiger partial charge in [0.05, 0.1) is 47.3 Å². The fraction of sp³-hybridized carbons (Fsp3) is 0.462. The number of alkyl halides is 1. The highest BCUT2D eigenvalue weighted by Crippen LogP contribution is 2.41. The smallest absolute Gasteiger partial charge is 0.164 e. The number of fused-ring (bicyclic) bond motifs is 1. The zero-order chi connectivity index (χ0) is 29.0. The maximum absolute atomic E-state index is 13.7. The van der Waals surface area contributed by atoms with E-state index in [2.05, 4.69) is 32.1 Å². The summed E-state index contributed by atoms with van der Waals surface area (Å²) in [5.74, 6) is 0.665. The average molecular weight is 600 g/mol. The number of anilines is 3. The maximum atomic E-state index is 13.7. The van der Waals surface area contributed by atoms with Crippen LogP contribution in [0.5, 0.6) is 11.5 Å². The van der Waals surface area contributed by atoms with E-state index < -0.39 is 37.7 Å². The molecule has 11 nitrogen and oxygen atoms in total. The first-order valence-corrected chi connectivity index (χ1v) is 13.3. The lowest BCUT2D eigenvalue weighted by Gasteiger charge is -2.34. The Labute approximate surface area is 240 Å². The summed E-state index contributed by atoms with van der Waals surface area (Å²) in [6.07, 6.45) is -6.04. The number of ether oxygens (including phenoxy) is 2. The molecule has 5 N–H and O–H groups in total. The van der Waals surface area contributed by atoms with E-state index >= 15 is 0 Å². The van der Waals surface area contributed by atoms with Crippen LogP contribution in [0.1, 0.15) is 0 Å². The second-order valence-electron chi connectivity index (χ2n) is 9.44. The molecule has 3 aromatic rings. The van der Waals surface area contributed by atoms with Gasteiger partial charge in [-0.15, -0.1) is 0 Å². The van der Waals surface area contributed by atoms with Gasteiger partial charge in [0.2, 0.25) is 0 Å². The monoisotopic (exact) mass is 599 g/mol. The third-order valence-corrected chi connectivity index (χ3v) is 7.69. The molecule has 4 rings (SSSR count). The summed E-state index contributed by atoms with van der Waals surface area (Å²) < 4.78 is 24.8. The molecule has 1 fully saturated rings. The van der Waals surface area contributed by atoms with Gasteiger partial charge in [-0.2, -0.15) is 0 Å². The lowest BCUT2D eigenvalue weighted by atomic mass is 10.0. The van der Waals surface area contributed by atoms with Crippen molar-refractivity contribution in [3.8, 4) is 11.5 Å². The fourth-order valence-corrected chi connectivity index (χ4v) is 4.88. The first kappa shape index (κ1) is 30.3. The normalized spacial score (nSPS) is 17.4. The second-order valence-corrected chi connectivity index (χ2v) is 10.2. The van der Waals surface area contributed by atoms with Crippen molar-refractivity contribution < 1.29 is 34.3 Å². The van der Waals surface area contributed by atoms with Crippen molar-refractivity contribution >= 4 is 51.3 Å². The van der Waals surface area contributed by atoms with Gasteiger partial charge in [0.1, 0.15) is 24.4 Å². The molecule has 218 valence electrons. The van der Waals surface area contributed by atoms with Crippen molar-refractivity contribution in [1.29, 1.82) is 0 Å². The Morgan fingerprint density at radius 1 is 1.00 bits per heavy atom. The molecule has 0 aliphatic carbocycles. The van der Waals surface area contributed by atoms with Gasteiger partial charge in [0.15, 0.2) is 23.8 Å². The molecule has 0 bridgehead atoms. The van der Waals surface area contributed by atoms with Crippen LogP contribution < -0.4 is 19.7 Å². The van der Waals surface area contributed by atoms with Crippen LogP contribution in [0, 0.1) is 0 Å². The molecule has 2 heterocycles. The summed E-state index contributed by atoms with van der Waals surface area (Å²) in [5, 5.41) is 43.4. The van der Waals surface area contributed by atoms with Crippen LogP contribution in [-0.2, 0) is 0 Å². The van der Waals surface area contributed by atoms with E-state index in [4.69, 9.17) is 37.8 Å². The van der Waals surface area contributed by atoms with Crippen molar-refractivity contribution in [2.45, 2.75) is 24.5 Å². The summed E-state index contributed by atoms with van der Waals surface area (Å²) >= 11 is 13.3. The van der Waals surface area contributed by atoms with Crippen LogP contribution >= 0.6 is 23.2 Å². The Morgan fingerprint density at radius 3 is 2.38 bits per heavy atom. The van der Waals surface area contributed by atoms with Gasteiger partial charge >= 0.3 is 0 Å². The molecule has 4 atom stereocenters. The predicted octanol–water partition coefficient (Wildman–Crippen LogP) is 2.23. The Bertz CT molecular complexity index is 1320. The number of benzene rings is 2. The SMILES string of the molecule is COc1cc2c(Nc3ccc(N4CCN(C)CC4)c(Cl)c3Cl)ncnc2cc1O[C@@H](CO)[C@@H](O)[C@H](O)[C@@H](F)CO. The highest BCUT2D eigenvalue weighted by Gasteiger charge is 2.34. The van der Waals surface area contributed by atoms with Gasteiger partial charge in [-0.3, -0.25) is 0 Å². The molecule has 2 aromatic carbocycles. The molecule has 0 saturated carbocycles. The minimum absolute atomic E-state index is 0.0713. The zero-order valence-electron chi connectivity index (χ0n) is 22.0. The number of hydrogen-bond acceptors (Lipinski definition) is 11. The number of aliphatic hydroxyl groups is 4. The van der Waals surface area contributed by atoms with Crippen LogP contribution in [0.3, 0.4) is 0 Å². The topological polar surface area (TPSA) is 144 Å². The molecule has 0 unspecified atom stereocenters. The van der Waals surface area contributed by atoms with Crippen molar-refractivity contribution in [2.75, 3.05) is 63.8 Å². The minimum atomic E-state index is -2.12. The van der Waals surface area contributed by atoms with E-state index in [-0.39, 0.29) is 11.5 Å². The van der Waals surface area contributed by atoms with Crippen molar-refractivity contribution in [3.63, 3.8) is 0 Å². The Morgan fingerprint density at radius 2 is 1.73 bits per heavy atom. The molecular formula is C26H32Cl2FN5O6. The second kappa shape index (κ2) is 13.3. The van der Waals surface area contributed by atoms with Gasteiger partial charge in [-0.05, 0) is 25.2 Å². The van der Waals surface area contributed by atoms with Crippen LogP contribution in [0.4, 0.5) is 21.6 Å². The molecule has 1 aromatic heterocycles. The molecule has 14 heteroatoms. The number of aromatic nitrogens is 2. The number of methoxy groups -OCH3 is 1. The van der Waals surface area contributed by atoms with Gasteiger partial charge in [0, 0.05) is 37.6 Å². The first-order chi connectivity index (χ1) is 19.2. The summed E-state index contributed by atoms with van der Waals surface area (Å²) in [7, 11) is 3.47. The van der Waals surface area contributed by atoms with E-state index in [0.717, 1.165) is 31.9 Å². The van der Waals surface area contributed by atoms with Gasteiger partial charge < -0.3 is 45.0 Å². The molecular weight excluding hydrogens is 568 g/mol. The average Bonchev–Trinajstić information content (AvgIpc) is 2.97. The van der Waals surface area contributed by atoms with E-state index in [9.17, 15) is 19.7 Å². The Kier molecular flexibility index (Phi) is 10.1. The molecule has 0 amide bonds. The standard InChI is InChI=1S/C26H32Cl2FN5O6/c1-33-5-7-34(8-6-33)18-4-3-16(22(27)23(18)28)32-26-14-9-19(39-2)20(10-17(14)30-13-31-26)40-21(12-36)25(38)24(37)15(29)11-35/h3-4,9-10,13,15,21,24-25,35-38H,5-8,11-12H2,1-2H3,(H,30,31,32)/t15-,21-,24+,25+/m0/s1. The lowest BCUT2D eigenvalue weighted by Crippen LogP contribution is -2.48. The minimum Gasteiger partial charge on any atom is -0.493 e.